The summed E-state index contributed by atoms with van der Waals surface area (Å²) in [4.78, 5) is 13.7. The average Bonchev–Trinajstić information content (AvgIpc) is 2.70. The van der Waals surface area contributed by atoms with Gasteiger partial charge in [-0.25, -0.2) is 0 Å². The third-order valence-corrected chi connectivity index (χ3v) is 3.92. The molecule has 21 heavy (non-hydrogen) atoms. The van der Waals surface area contributed by atoms with E-state index >= 15 is 0 Å². The third-order valence-electron chi connectivity index (χ3n) is 3.92. The molecule has 1 aliphatic rings. The highest BCUT2D eigenvalue weighted by atomic mass is 16.5. The average molecular weight is 290 g/mol. The van der Waals surface area contributed by atoms with Crippen LogP contribution in [-0.4, -0.2) is 44.1 Å². The fraction of sp³-hybridized carbons (Fsp3) is 0.588. The number of ether oxygens (including phenoxy) is 1. The number of carbonyl (C=O) groups excluding carboxylic acids is 1. The summed E-state index contributed by atoms with van der Waals surface area (Å²) in [6, 6.07) is 9.94. The van der Waals surface area contributed by atoms with E-state index in [0.717, 1.165) is 51.3 Å². The van der Waals surface area contributed by atoms with Crippen molar-refractivity contribution in [2.45, 2.75) is 25.7 Å². The van der Waals surface area contributed by atoms with Crippen molar-refractivity contribution in [2.75, 3.05) is 33.3 Å². The number of hydrogen-bond donors (Lipinski definition) is 1. The molecule has 0 aromatic heterocycles. The van der Waals surface area contributed by atoms with Gasteiger partial charge in [0.05, 0.1) is 6.61 Å². The molecular weight excluding hydrogens is 264 g/mol. The smallest absolute Gasteiger partial charge is 0.220 e. The summed E-state index contributed by atoms with van der Waals surface area (Å²) in [5.41, 5.74) is 0. The lowest BCUT2D eigenvalue weighted by atomic mass is 10.00. The predicted molar refractivity (Wildman–Crippen MR) is 84.4 cm³/mol. The van der Waals surface area contributed by atoms with E-state index in [1.807, 2.05) is 30.3 Å². The lowest BCUT2D eigenvalue weighted by Crippen LogP contribution is -2.28. The van der Waals surface area contributed by atoms with Gasteiger partial charge < -0.3 is 15.0 Å². The van der Waals surface area contributed by atoms with Gasteiger partial charge in [0.25, 0.3) is 0 Å². The maximum atomic E-state index is 11.3. The second kappa shape index (κ2) is 8.67. The first kappa shape index (κ1) is 15.8. The molecule has 1 saturated heterocycles. The van der Waals surface area contributed by atoms with Crippen molar-refractivity contribution in [3.05, 3.63) is 30.3 Å². The molecule has 1 amide bonds. The van der Waals surface area contributed by atoms with Crippen LogP contribution in [0.1, 0.15) is 25.7 Å². The molecule has 0 saturated carbocycles. The van der Waals surface area contributed by atoms with Crippen LogP contribution < -0.4 is 10.1 Å². The first-order chi connectivity index (χ1) is 10.2. The monoisotopic (exact) mass is 290 g/mol. The van der Waals surface area contributed by atoms with Crippen molar-refractivity contribution in [1.82, 2.24) is 10.2 Å². The summed E-state index contributed by atoms with van der Waals surface area (Å²) in [5.74, 6) is 1.77. The van der Waals surface area contributed by atoms with E-state index in [4.69, 9.17) is 4.74 Å². The summed E-state index contributed by atoms with van der Waals surface area (Å²) < 4.78 is 5.70. The molecule has 0 radical (unpaired) electrons. The van der Waals surface area contributed by atoms with Crippen molar-refractivity contribution in [1.29, 1.82) is 0 Å². The fourth-order valence-corrected chi connectivity index (χ4v) is 2.74. The Labute approximate surface area is 127 Å². The third kappa shape index (κ3) is 6.17. The Morgan fingerprint density at radius 1 is 1.29 bits per heavy atom. The van der Waals surface area contributed by atoms with Gasteiger partial charge in [0, 0.05) is 26.1 Å². The quantitative estimate of drug-likeness (QED) is 0.784. The number of nitrogens with zero attached hydrogens (tertiary/aromatic N) is 1. The Kier molecular flexibility index (Phi) is 6.54. The van der Waals surface area contributed by atoms with Gasteiger partial charge in [0.2, 0.25) is 5.91 Å². The SMILES string of the molecule is CN(CCCOc1ccccc1)C[C@H]1CCNC(=O)CC1. The number of para-hydroxylation sites is 1. The van der Waals surface area contributed by atoms with Crippen molar-refractivity contribution in [3.8, 4) is 5.75 Å². The molecule has 116 valence electrons. The molecule has 4 heteroatoms. The minimum atomic E-state index is 0.205. The van der Waals surface area contributed by atoms with Crippen LogP contribution in [0, 0.1) is 5.92 Å². The highest BCUT2D eigenvalue weighted by Crippen LogP contribution is 2.15. The lowest BCUT2D eigenvalue weighted by Gasteiger charge is -2.22. The van der Waals surface area contributed by atoms with Crippen LogP contribution in [0.3, 0.4) is 0 Å². The zero-order valence-electron chi connectivity index (χ0n) is 12.9. The first-order valence-electron chi connectivity index (χ1n) is 7.87. The van der Waals surface area contributed by atoms with Crippen molar-refractivity contribution >= 4 is 5.91 Å². The topological polar surface area (TPSA) is 41.6 Å². The van der Waals surface area contributed by atoms with E-state index in [2.05, 4.69) is 17.3 Å². The molecule has 1 heterocycles. The predicted octanol–water partition coefficient (Wildman–Crippen LogP) is 2.30. The van der Waals surface area contributed by atoms with Gasteiger partial charge in [-0.1, -0.05) is 18.2 Å². The lowest BCUT2D eigenvalue weighted by molar-refractivity contribution is -0.120. The van der Waals surface area contributed by atoms with Crippen molar-refractivity contribution < 1.29 is 9.53 Å². The number of carbonyl (C=O) groups is 1. The molecule has 0 unspecified atom stereocenters. The minimum absolute atomic E-state index is 0.205. The molecule has 0 bridgehead atoms. The van der Waals surface area contributed by atoms with Crippen LogP contribution in [0.15, 0.2) is 30.3 Å². The Hall–Kier alpha value is -1.55. The zero-order chi connectivity index (χ0) is 14.9. The summed E-state index contributed by atoms with van der Waals surface area (Å²) in [7, 11) is 2.16. The number of amides is 1. The van der Waals surface area contributed by atoms with Crippen LogP contribution in [0.4, 0.5) is 0 Å². The van der Waals surface area contributed by atoms with Gasteiger partial charge in [-0.2, -0.15) is 0 Å². The fourth-order valence-electron chi connectivity index (χ4n) is 2.74. The van der Waals surface area contributed by atoms with Crippen LogP contribution in [-0.2, 0) is 4.79 Å². The Morgan fingerprint density at radius 3 is 2.90 bits per heavy atom. The molecule has 1 atom stereocenters. The summed E-state index contributed by atoms with van der Waals surface area (Å²) in [6.45, 7) is 3.68. The van der Waals surface area contributed by atoms with Crippen LogP contribution in [0.2, 0.25) is 0 Å². The van der Waals surface area contributed by atoms with Gasteiger partial charge >= 0.3 is 0 Å². The second-order valence-electron chi connectivity index (χ2n) is 5.82. The van der Waals surface area contributed by atoms with E-state index in [-0.39, 0.29) is 5.91 Å². The van der Waals surface area contributed by atoms with Gasteiger partial charge in [-0.05, 0) is 44.4 Å². The van der Waals surface area contributed by atoms with E-state index in [9.17, 15) is 4.79 Å². The second-order valence-corrected chi connectivity index (χ2v) is 5.82. The van der Waals surface area contributed by atoms with E-state index in [0.29, 0.717) is 12.3 Å². The molecule has 2 rings (SSSR count). The Bertz CT molecular complexity index is 422. The highest BCUT2D eigenvalue weighted by molar-refractivity contribution is 5.76. The molecule has 1 aromatic rings. The molecule has 1 aliphatic heterocycles. The Balaban J connectivity index is 1.59. The van der Waals surface area contributed by atoms with Gasteiger partial charge in [0.1, 0.15) is 5.75 Å². The summed E-state index contributed by atoms with van der Waals surface area (Å²) >= 11 is 0. The summed E-state index contributed by atoms with van der Waals surface area (Å²) in [6.07, 6.45) is 3.80. The molecular formula is C17H26N2O2. The van der Waals surface area contributed by atoms with Gasteiger partial charge in [-0.15, -0.1) is 0 Å². The number of rotatable bonds is 7. The standard InChI is InChI=1S/C17H26N2O2/c1-19(14-15-8-9-17(20)18-11-10-15)12-5-13-21-16-6-3-2-4-7-16/h2-4,6-7,15H,5,8-14H2,1H3,(H,18,20)/t15-/m1/s1. The summed E-state index contributed by atoms with van der Waals surface area (Å²) in [5, 5.41) is 2.94. The maximum Gasteiger partial charge on any atom is 0.220 e. The molecule has 1 fully saturated rings. The van der Waals surface area contributed by atoms with E-state index < -0.39 is 0 Å². The number of hydrogen-bond acceptors (Lipinski definition) is 3. The van der Waals surface area contributed by atoms with Crippen LogP contribution >= 0.6 is 0 Å². The van der Waals surface area contributed by atoms with Crippen molar-refractivity contribution in [2.24, 2.45) is 5.92 Å². The van der Waals surface area contributed by atoms with Gasteiger partial charge in [0.15, 0.2) is 0 Å². The number of nitrogens with one attached hydrogen (secondary N) is 1. The van der Waals surface area contributed by atoms with Crippen LogP contribution in [0.5, 0.6) is 5.75 Å². The molecule has 0 spiro atoms. The maximum absolute atomic E-state index is 11.3. The first-order valence-corrected chi connectivity index (χ1v) is 7.87. The Morgan fingerprint density at radius 2 is 2.10 bits per heavy atom. The molecule has 1 aromatic carbocycles. The molecule has 0 aliphatic carbocycles. The highest BCUT2D eigenvalue weighted by Gasteiger charge is 2.17. The largest absolute Gasteiger partial charge is 0.494 e. The molecule has 1 N–H and O–H groups in total. The van der Waals surface area contributed by atoms with E-state index in [1.165, 1.54) is 0 Å². The van der Waals surface area contributed by atoms with Crippen molar-refractivity contribution in [3.63, 3.8) is 0 Å². The van der Waals surface area contributed by atoms with E-state index in [1.54, 1.807) is 0 Å². The minimum Gasteiger partial charge on any atom is -0.494 e. The normalized spacial score (nSPS) is 19.1. The zero-order valence-corrected chi connectivity index (χ0v) is 12.9. The molecule has 4 nitrogen and oxygen atoms in total. The van der Waals surface area contributed by atoms with Crippen LogP contribution in [0.25, 0.3) is 0 Å². The van der Waals surface area contributed by atoms with Gasteiger partial charge in [-0.3, -0.25) is 4.79 Å². The number of benzene rings is 1.